The summed E-state index contributed by atoms with van der Waals surface area (Å²) in [6.45, 7) is 4.85. The Bertz CT molecular complexity index is 834. The minimum Gasteiger partial charge on any atom is -0.463 e. The van der Waals surface area contributed by atoms with E-state index < -0.39 is 0 Å². The van der Waals surface area contributed by atoms with Gasteiger partial charge in [-0.3, -0.25) is 4.90 Å². The van der Waals surface area contributed by atoms with Crippen molar-refractivity contribution in [2.24, 2.45) is 0 Å². The number of benzene rings is 2. The van der Waals surface area contributed by atoms with Crippen LogP contribution in [0.4, 0.5) is 10.5 Å². The topological polar surface area (TPSA) is 70.7 Å². The zero-order chi connectivity index (χ0) is 20.5. The third-order valence-corrected chi connectivity index (χ3v) is 4.72. The van der Waals surface area contributed by atoms with E-state index in [2.05, 4.69) is 27.7 Å². The lowest BCUT2D eigenvalue weighted by Crippen LogP contribution is -2.39. The number of nitrogens with one attached hydrogen (secondary N) is 2. The van der Waals surface area contributed by atoms with Crippen LogP contribution in [0.25, 0.3) is 6.08 Å². The molecule has 1 fully saturated rings. The maximum Gasteiger partial charge on any atom is 0.330 e. The number of anilines is 1. The summed E-state index contributed by atoms with van der Waals surface area (Å²) in [7, 11) is 0. The van der Waals surface area contributed by atoms with E-state index in [-0.39, 0.29) is 18.0 Å². The Kier molecular flexibility index (Phi) is 7.41. The minimum absolute atomic E-state index is 0.144. The van der Waals surface area contributed by atoms with E-state index in [1.165, 1.54) is 11.6 Å². The van der Waals surface area contributed by atoms with Gasteiger partial charge in [-0.25, -0.2) is 9.59 Å². The van der Waals surface area contributed by atoms with Crippen LogP contribution in [0.3, 0.4) is 0 Å². The summed E-state index contributed by atoms with van der Waals surface area (Å²) < 4.78 is 4.85. The molecular weight excluding hydrogens is 366 g/mol. The third-order valence-electron chi connectivity index (χ3n) is 4.72. The van der Waals surface area contributed by atoms with Crippen LogP contribution in [0.5, 0.6) is 0 Å². The first-order valence-electron chi connectivity index (χ1n) is 9.91. The van der Waals surface area contributed by atoms with Gasteiger partial charge in [-0.2, -0.15) is 0 Å². The number of nitrogens with zero attached hydrogens (tertiary/aromatic N) is 1. The van der Waals surface area contributed by atoms with Crippen LogP contribution >= 0.6 is 0 Å². The van der Waals surface area contributed by atoms with Gasteiger partial charge in [0.05, 0.1) is 6.61 Å². The number of amides is 2. The fraction of sp³-hybridized carbons (Fsp3) is 0.304. The van der Waals surface area contributed by atoms with Crippen molar-refractivity contribution in [1.82, 2.24) is 10.2 Å². The van der Waals surface area contributed by atoms with Crippen LogP contribution in [0, 0.1) is 0 Å². The number of ether oxygens (including phenoxy) is 1. The van der Waals surface area contributed by atoms with Crippen LogP contribution in [-0.2, 0) is 16.1 Å². The van der Waals surface area contributed by atoms with Gasteiger partial charge in [0, 0.05) is 37.4 Å². The Morgan fingerprint density at radius 1 is 1.14 bits per heavy atom. The van der Waals surface area contributed by atoms with Gasteiger partial charge >= 0.3 is 12.0 Å². The van der Waals surface area contributed by atoms with Crippen molar-refractivity contribution in [3.8, 4) is 0 Å². The van der Waals surface area contributed by atoms with Crippen molar-refractivity contribution >= 4 is 23.8 Å². The van der Waals surface area contributed by atoms with E-state index in [0.29, 0.717) is 12.3 Å². The lowest BCUT2D eigenvalue weighted by molar-refractivity contribution is -0.137. The Balaban J connectivity index is 1.43. The molecule has 0 saturated carbocycles. The molecule has 2 N–H and O–H groups in total. The number of rotatable bonds is 7. The molecule has 1 aliphatic heterocycles. The molecule has 6 heteroatoms. The normalized spacial score (nSPS) is 16.7. The van der Waals surface area contributed by atoms with E-state index in [4.69, 9.17) is 4.74 Å². The molecule has 2 aromatic rings. The highest BCUT2D eigenvalue weighted by molar-refractivity contribution is 5.90. The highest BCUT2D eigenvalue weighted by Crippen LogP contribution is 2.14. The second-order valence-corrected chi connectivity index (χ2v) is 7.01. The van der Waals surface area contributed by atoms with Gasteiger partial charge in [-0.15, -0.1) is 0 Å². The SMILES string of the molecule is CCOC(=O)/C=C/c1ccc(NC(=O)N[C@H]2CCN(Cc3ccccc3)C2)cc1. The van der Waals surface area contributed by atoms with E-state index in [1.807, 2.05) is 30.3 Å². The molecular formula is C23H27N3O3. The van der Waals surface area contributed by atoms with E-state index in [0.717, 1.165) is 31.6 Å². The first-order chi connectivity index (χ1) is 14.1. The number of carbonyl (C=O) groups excluding carboxylic acids is 2. The molecule has 0 bridgehead atoms. The molecule has 1 heterocycles. The standard InChI is InChI=1S/C23H27N3O3/c1-2-29-22(27)13-10-18-8-11-20(12-9-18)24-23(28)25-21-14-15-26(17-21)16-19-6-4-3-5-7-19/h3-13,21H,2,14-17H2,1H3,(H2,24,25,28)/b13-10+/t21-/m0/s1. The predicted molar refractivity (Wildman–Crippen MR) is 114 cm³/mol. The summed E-state index contributed by atoms with van der Waals surface area (Å²) in [4.78, 5) is 26.0. The second-order valence-electron chi connectivity index (χ2n) is 7.01. The Morgan fingerprint density at radius 2 is 1.90 bits per heavy atom. The third kappa shape index (κ3) is 6.76. The molecule has 0 aromatic heterocycles. The first kappa shape index (κ1) is 20.6. The monoisotopic (exact) mass is 393 g/mol. The van der Waals surface area contributed by atoms with Gasteiger partial charge in [0.25, 0.3) is 0 Å². The highest BCUT2D eigenvalue weighted by Gasteiger charge is 2.23. The van der Waals surface area contributed by atoms with E-state index in [9.17, 15) is 9.59 Å². The summed E-state index contributed by atoms with van der Waals surface area (Å²) in [5.41, 5.74) is 2.85. The molecule has 0 radical (unpaired) electrons. The molecule has 0 spiro atoms. The number of hydrogen-bond donors (Lipinski definition) is 2. The fourth-order valence-electron chi connectivity index (χ4n) is 3.32. The first-order valence-corrected chi connectivity index (χ1v) is 9.91. The van der Waals surface area contributed by atoms with Crippen LogP contribution in [0.1, 0.15) is 24.5 Å². The van der Waals surface area contributed by atoms with Crippen molar-refractivity contribution in [2.45, 2.75) is 25.9 Å². The average Bonchev–Trinajstić information content (AvgIpc) is 3.15. The molecule has 1 atom stereocenters. The van der Waals surface area contributed by atoms with Gasteiger partial charge in [-0.1, -0.05) is 42.5 Å². The van der Waals surface area contributed by atoms with Gasteiger partial charge in [0.2, 0.25) is 0 Å². The molecule has 2 amide bonds. The van der Waals surface area contributed by atoms with Crippen LogP contribution in [-0.4, -0.2) is 42.6 Å². The minimum atomic E-state index is -0.369. The van der Waals surface area contributed by atoms with Crippen molar-refractivity contribution in [3.05, 3.63) is 71.8 Å². The van der Waals surface area contributed by atoms with Gasteiger partial charge < -0.3 is 15.4 Å². The van der Waals surface area contributed by atoms with Crippen LogP contribution in [0.15, 0.2) is 60.7 Å². The van der Waals surface area contributed by atoms with Gasteiger partial charge in [0.1, 0.15) is 0 Å². The Hall–Kier alpha value is -3.12. The van der Waals surface area contributed by atoms with Crippen LogP contribution in [0.2, 0.25) is 0 Å². The molecule has 29 heavy (non-hydrogen) atoms. The second kappa shape index (κ2) is 10.4. The zero-order valence-electron chi connectivity index (χ0n) is 16.6. The van der Waals surface area contributed by atoms with Crippen molar-refractivity contribution in [2.75, 3.05) is 25.0 Å². The fourth-order valence-corrected chi connectivity index (χ4v) is 3.32. The largest absolute Gasteiger partial charge is 0.463 e. The highest BCUT2D eigenvalue weighted by atomic mass is 16.5. The Labute approximate surface area is 171 Å². The molecule has 152 valence electrons. The molecule has 2 aromatic carbocycles. The molecule has 0 aliphatic carbocycles. The van der Waals surface area contributed by atoms with Crippen LogP contribution < -0.4 is 10.6 Å². The number of esters is 1. The molecule has 3 rings (SSSR count). The van der Waals surface area contributed by atoms with Crippen molar-refractivity contribution in [3.63, 3.8) is 0 Å². The summed E-state index contributed by atoms with van der Waals surface area (Å²) in [5.74, 6) is -0.369. The number of likely N-dealkylation sites (tertiary alicyclic amines) is 1. The Morgan fingerprint density at radius 3 is 2.62 bits per heavy atom. The van der Waals surface area contributed by atoms with Crippen molar-refractivity contribution < 1.29 is 14.3 Å². The van der Waals surface area contributed by atoms with Gasteiger partial charge in [0.15, 0.2) is 0 Å². The van der Waals surface area contributed by atoms with E-state index >= 15 is 0 Å². The maximum atomic E-state index is 12.3. The lowest BCUT2D eigenvalue weighted by atomic mass is 10.2. The quantitative estimate of drug-likeness (QED) is 0.556. The van der Waals surface area contributed by atoms with Gasteiger partial charge in [-0.05, 0) is 42.7 Å². The molecule has 0 unspecified atom stereocenters. The van der Waals surface area contributed by atoms with E-state index in [1.54, 1.807) is 25.1 Å². The number of hydrogen-bond acceptors (Lipinski definition) is 4. The molecule has 6 nitrogen and oxygen atoms in total. The number of carbonyl (C=O) groups is 2. The average molecular weight is 393 g/mol. The van der Waals surface area contributed by atoms with Crippen molar-refractivity contribution in [1.29, 1.82) is 0 Å². The predicted octanol–water partition coefficient (Wildman–Crippen LogP) is 3.66. The summed E-state index contributed by atoms with van der Waals surface area (Å²) in [6.07, 6.45) is 4.01. The molecule has 1 aliphatic rings. The number of urea groups is 1. The summed E-state index contributed by atoms with van der Waals surface area (Å²) in [6, 6.07) is 17.6. The lowest BCUT2D eigenvalue weighted by Gasteiger charge is -2.17. The maximum absolute atomic E-state index is 12.3. The smallest absolute Gasteiger partial charge is 0.330 e. The summed E-state index contributed by atoms with van der Waals surface area (Å²) >= 11 is 0. The molecule has 1 saturated heterocycles. The summed E-state index contributed by atoms with van der Waals surface area (Å²) in [5, 5.41) is 5.91. The zero-order valence-corrected chi connectivity index (χ0v) is 16.6.